The highest BCUT2D eigenvalue weighted by Crippen LogP contribution is 2.55. The number of carbonyl (C=O) groups excluding carboxylic acids is 1. The maximum absolute atomic E-state index is 11.5. The molecule has 0 heterocycles. The van der Waals surface area contributed by atoms with Crippen molar-refractivity contribution in [1.29, 1.82) is 0 Å². The second kappa shape index (κ2) is 9.41. The Morgan fingerprint density at radius 1 is 1.00 bits per heavy atom. The van der Waals surface area contributed by atoms with Gasteiger partial charge in [-0.25, -0.2) is 4.79 Å². The number of non-ortho nitro benzene ring substituents is 1. The van der Waals surface area contributed by atoms with Gasteiger partial charge in [0, 0.05) is 24.5 Å². The first-order valence-corrected chi connectivity index (χ1v) is 11.0. The molecule has 0 amide bonds. The van der Waals surface area contributed by atoms with E-state index in [1.807, 2.05) is 19.1 Å². The summed E-state index contributed by atoms with van der Waals surface area (Å²) in [6.45, 7) is 7.48. The number of oxime groups is 1. The van der Waals surface area contributed by atoms with Crippen LogP contribution in [0.2, 0.25) is 0 Å². The number of nitro benzene ring substituents is 1. The van der Waals surface area contributed by atoms with Crippen LogP contribution in [0.1, 0.15) is 82.9 Å². The molecule has 2 aromatic carbocycles. The van der Waals surface area contributed by atoms with Crippen LogP contribution in [-0.4, -0.2) is 16.6 Å². The van der Waals surface area contributed by atoms with Gasteiger partial charge in [-0.05, 0) is 59.7 Å². The van der Waals surface area contributed by atoms with Gasteiger partial charge in [-0.1, -0.05) is 56.8 Å². The van der Waals surface area contributed by atoms with Crippen LogP contribution in [-0.2, 0) is 15.0 Å². The van der Waals surface area contributed by atoms with Gasteiger partial charge in [-0.3, -0.25) is 10.1 Å². The first-order chi connectivity index (χ1) is 14.8. The van der Waals surface area contributed by atoms with Gasteiger partial charge in [-0.2, -0.15) is 0 Å². The van der Waals surface area contributed by atoms with Crippen molar-refractivity contribution >= 4 is 17.4 Å². The number of carbonyl (C=O) groups is 1. The van der Waals surface area contributed by atoms with Crippen molar-refractivity contribution in [2.45, 2.75) is 71.6 Å². The molecule has 0 aliphatic heterocycles. The third-order valence-electron chi connectivity index (χ3n) is 6.20. The molecule has 2 aromatic rings. The molecule has 3 rings (SSSR count). The number of unbranched alkanes of at least 4 members (excludes halogenated alkanes) is 2. The van der Waals surface area contributed by atoms with Gasteiger partial charge in [0.1, 0.15) is 0 Å². The Morgan fingerprint density at radius 3 is 2.13 bits per heavy atom. The molecular weight excluding hydrogens is 392 g/mol. The van der Waals surface area contributed by atoms with Crippen LogP contribution < -0.4 is 0 Å². The molecule has 0 saturated carbocycles. The SMILES string of the molecule is CCCCC1(CCCC)c2cc(/C(C)=N/OC(C)=O)ccc2-c2ccc([N+](=O)[O-])cc21. The summed E-state index contributed by atoms with van der Waals surface area (Å²) < 4.78 is 0. The van der Waals surface area contributed by atoms with Gasteiger partial charge >= 0.3 is 5.97 Å². The van der Waals surface area contributed by atoms with Crippen molar-refractivity contribution in [2.75, 3.05) is 0 Å². The van der Waals surface area contributed by atoms with E-state index >= 15 is 0 Å². The number of nitrogens with zero attached hydrogens (tertiary/aromatic N) is 2. The molecule has 0 unspecified atom stereocenters. The summed E-state index contributed by atoms with van der Waals surface area (Å²) in [6.07, 6.45) is 6.06. The minimum Gasteiger partial charge on any atom is -0.318 e. The molecule has 0 aromatic heterocycles. The summed E-state index contributed by atoms with van der Waals surface area (Å²) in [6, 6.07) is 11.4. The van der Waals surface area contributed by atoms with E-state index in [9.17, 15) is 14.9 Å². The molecule has 0 atom stereocenters. The summed E-state index contributed by atoms with van der Waals surface area (Å²) in [5.74, 6) is -0.458. The summed E-state index contributed by atoms with van der Waals surface area (Å²) in [5, 5.41) is 15.5. The summed E-state index contributed by atoms with van der Waals surface area (Å²) in [4.78, 5) is 27.2. The molecule has 1 aliphatic rings. The second-order valence-corrected chi connectivity index (χ2v) is 8.30. The average Bonchev–Trinajstić information content (AvgIpc) is 3.03. The van der Waals surface area contributed by atoms with Crippen LogP contribution in [0.4, 0.5) is 5.69 Å². The topological polar surface area (TPSA) is 81.8 Å². The molecule has 0 spiro atoms. The lowest BCUT2D eigenvalue weighted by molar-refractivity contribution is -0.384. The van der Waals surface area contributed by atoms with Crippen molar-refractivity contribution in [3.63, 3.8) is 0 Å². The van der Waals surface area contributed by atoms with E-state index in [0.717, 1.165) is 60.8 Å². The maximum Gasteiger partial charge on any atom is 0.331 e. The first kappa shape index (κ1) is 22.7. The molecule has 0 bridgehead atoms. The zero-order chi connectivity index (χ0) is 22.6. The molecule has 31 heavy (non-hydrogen) atoms. The van der Waals surface area contributed by atoms with E-state index in [0.29, 0.717) is 5.71 Å². The predicted octanol–water partition coefficient (Wildman–Crippen LogP) is 6.53. The Bertz CT molecular complexity index is 1020. The Balaban J connectivity index is 2.21. The summed E-state index contributed by atoms with van der Waals surface area (Å²) >= 11 is 0. The number of hydrogen-bond acceptors (Lipinski definition) is 5. The van der Waals surface area contributed by atoms with Gasteiger partial charge in [0.25, 0.3) is 5.69 Å². The fourth-order valence-electron chi connectivity index (χ4n) is 4.63. The lowest BCUT2D eigenvalue weighted by Gasteiger charge is -2.32. The van der Waals surface area contributed by atoms with Crippen molar-refractivity contribution in [2.24, 2.45) is 5.16 Å². The van der Waals surface area contributed by atoms with Gasteiger partial charge in [0.2, 0.25) is 0 Å². The Kier molecular flexibility index (Phi) is 6.88. The van der Waals surface area contributed by atoms with Crippen molar-refractivity contribution in [3.05, 3.63) is 63.2 Å². The molecule has 6 heteroatoms. The number of rotatable bonds is 9. The molecule has 0 saturated heterocycles. The highest BCUT2D eigenvalue weighted by atomic mass is 16.7. The van der Waals surface area contributed by atoms with E-state index in [4.69, 9.17) is 4.84 Å². The van der Waals surface area contributed by atoms with Crippen molar-refractivity contribution in [3.8, 4) is 11.1 Å². The Hall–Kier alpha value is -3.02. The highest BCUT2D eigenvalue weighted by Gasteiger charge is 2.43. The normalized spacial score (nSPS) is 14.1. The van der Waals surface area contributed by atoms with E-state index in [1.54, 1.807) is 12.1 Å². The number of hydrogen-bond donors (Lipinski definition) is 0. The van der Waals surface area contributed by atoms with Crippen LogP contribution in [0.25, 0.3) is 11.1 Å². The molecule has 0 radical (unpaired) electrons. The van der Waals surface area contributed by atoms with Crippen LogP contribution >= 0.6 is 0 Å². The van der Waals surface area contributed by atoms with Gasteiger partial charge in [-0.15, -0.1) is 0 Å². The van der Waals surface area contributed by atoms with Gasteiger partial charge in [0.05, 0.1) is 10.6 Å². The smallest absolute Gasteiger partial charge is 0.318 e. The number of fused-ring (bicyclic) bond motifs is 3. The van der Waals surface area contributed by atoms with Crippen LogP contribution in [0, 0.1) is 10.1 Å². The summed E-state index contributed by atoms with van der Waals surface area (Å²) in [7, 11) is 0. The molecule has 1 aliphatic carbocycles. The zero-order valence-electron chi connectivity index (χ0n) is 18.7. The van der Waals surface area contributed by atoms with Crippen molar-refractivity contribution < 1.29 is 14.6 Å². The lowest BCUT2D eigenvalue weighted by atomic mass is 9.70. The third-order valence-corrected chi connectivity index (χ3v) is 6.20. The van der Waals surface area contributed by atoms with Gasteiger partial charge in [0.15, 0.2) is 0 Å². The van der Waals surface area contributed by atoms with Gasteiger partial charge < -0.3 is 4.84 Å². The molecule has 6 nitrogen and oxygen atoms in total. The Labute approximate surface area is 183 Å². The van der Waals surface area contributed by atoms with E-state index in [1.165, 1.54) is 12.5 Å². The monoisotopic (exact) mass is 422 g/mol. The number of nitro groups is 1. The van der Waals surface area contributed by atoms with Crippen LogP contribution in [0.15, 0.2) is 41.6 Å². The molecular formula is C25H30N2O4. The Morgan fingerprint density at radius 2 is 1.58 bits per heavy atom. The predicted molar refractivity (Wildman–Crippen MR) is 122 cm³/mol. The summed E-state index contributed by atoms with van der Waals surface area (Å²) in [5.41, 5.74) is 5.84. The number of benzene rings is 2. The minimum absolute atomic E-state index is 0.136. The fourth-order valence-corrected chi connectivity index (χ4v) is 4.63. The van der Waals surface area contributed by atoms with E-state index in [-0.39, 0.29) is 16.0 Å². The quantitative estimate of drug-likeness (QED) is 0.199. The largest absolute Gasteiger partial charge is 0.331 e. The molecule has 0 fully saturated rings. The first-order valence-electron chi connectivity index (χ1n) is 11.0. The third kappa shape index (κ3) is 4.38. The minimum atomic E-state index is -0.458. The second-order valence-electron chi connectivity index (χ2n) is 8.30. The average molecular weight is 423 g/mol. The van der Waals surface area contributed by atoms with Crippen molar-refractivity contribution in [1.82, 2.24) is 0 Å². The van der Waals surface area contributed by atoms with E-state index < -0.39 is 5.97 Å². The fraction of sp³-hybridized carbons (Fsp3) is 0.440. The molecule has 164 valence electrons. The maximum atomic E-state index is 11.5. The van der Waals surface area contributed by atoms with E-state index in [2.05, 4.69) is 31.1 Å². The van der Waals surface area contributed by atoms with Crippen LogP contribution in [0.5, 0.6) is 0 Å². The highest BCUT2D eigenvalue weighted by molar-refractivity contribution is 6.00. The lowest BCUT2D eigenvalue weighted by Crippen LogP contribution is -2.26. The van der Waals surface area contributed by atoms with Crippen LogP contribution in [0.3, 0.4) is 0 Å². The standard InChI is InChI=1S/C25H30N2O4/c1-5-7-13-25(14-8-6-2)23-15-19(17(3)26-31-18(4)28)9-11-21(23)22-12-10-20(27(29)30)16-24(22)25/h9-12,15-16H,5-8,13-14H2,1-4H3/b26-17+. The zero-order valence-corrected chi connectivity index (χ0v) is 18.7. The molecule has 0 N–H and O–H groups in total.